The van der Waals surface area contributed by atoms with Crippen LogP contribution in [0.5, 0.6) is 0 Å². The van der Waals surface area contributed by atoms with Gasteiger partial charge < -0.3 is 10.1 Å². The molecule has 0 saturated carbocycles. The smallest absolute Gasteiger partial charge is 0.0594 e. The maximum atomic E-state index is 5.39. The highest BCUT2D eigenvalue weighted by Gasteiger charge is 1.94. The quantitative estimate of drug-likeness (QED) is 0.595. The van der Waals surface area contributed by atoms with Crippen molar-refractivity contribution >= 4 is 0 Å². The molecule has 0 radical (unpaired) electrons. The minimum atomic E-state index is 0.358. The standard InChI is InChI=1S/C10H23NO/c1-9(2)5-6-11-7-8-12-10(3)4/h9-11H,5-8H2,1-4H3. The van der Waals surface area contributed by atoms with Crippen molar-refractivity contribution < 1.29 is 4.74 Å². The Morgan fingerprint density at radius 3 is 2.25 bits per heavy atom. The molecule has 2 heteroatoms. The molecule has 0 aromatic carbocycles. The zero-order chi connectivity index (χ0) is 9.40. The molecule has 0 aliphatic rings. The van der Waals surface area contributed by atoms with Gasteiger partial charge in [-0.25, -0.2) is 0 Å². The predicted molar refractivity (Wildman–Crippen MR) is 53.4 cm³/mol. The summed E-state index contributed by atoms with van der Waals surface area (Å²) >= 11 is 0. The van der Waals surface area contributed by atoms with Crippen molar-refractivity contribution in [2.24, 2.45) is 5.92 Å². The lowest BCUT2D eigenvalue weighted by Crippen LogP contribution is -2.23. The highest BCUT2D eigenvalue weighted by molar-refractivity contribution is 4.50. The lowest BCUT2D eigenvalue weighted by atomic mass is 10.1. The number of hydrogen-bond acceptors (Lipinski definition) is 2. The van der Waals surface area contributed by atoms with Crippen LogP contribution in [0, 0.1) is 5.92 Å². The SMILES string of the molecule is CC(C)CCNCCOC(C)C. The van der Waals surface area contributed by atoms with Gasteiger partial charge in [0, 0.05) is 6.54 Å². The summed E-state index contributed by atoms with van der Waals surface area (Å²) in [7, 11) is 0. The van der Waals surface area contributed by atoms with Crippen molar-refractivity contribution in [2.45, 2.75) is 40.2 Å². The predicted octanol–water partition coefficient (Wildman–Crippen LogP) is 2.05. The van der Waals surface area contributed by atoms with Crippen LogP contribution in [0.3, 0.4) is 0 Å². The van der Waals surface area contributed by atoms with Crippen LogP contribution in [0.25, 0.3) is 0 Å². The van der Waals surface area contributed by atoms with Gasteiger partial charge in [-0.05, 0) is 32.7 Å². The normalized spacial score (nSPS) is 11.5. The van der Waals surface area contributed by atoms with Gasteiger partial charge in [-0.15, -0.1) is 0 Å². The summed E-state index contributed by atoms with van der Waals surface area (Å²) in [6, 6.07) is 0. The van der Waals surface area contributed by atoms with E-state index in [1.165, 1.54) is 6.42 Å². The molecule has 1 N–H and O–H groups in total. The van der Waals surface area contributed by atoms with Crippen molar-refractivity contribution in [3.05, 3.63) is 0 Å². The van der Waals surface area contributed by atoms with Crippen LogP contribution in [0.4, 0.5) is 0 Å². The molecule has 0 aromatic rings. The molecule has 0 aliphatic heterocycles. The van der Waals surface area contributed by atoms with Crippen LogP contribution in [0.2, 0.25) is 0 Å². The summed E-state index contributed by atoms with van der Waals surface area (Å²) in [6.45, 7) is 11.5. The lowest BCUT2D eigenvalue weighted by molar-refractivity contribution is 0.0808. The van der Waals surface area contributed by atoms with Crippen molar-refractivity contribution in [3.63, 3.8) is 0 Å². The summed E-state index contributed by atoms with van der Waals surface area (Å²) in [4.78, 5) is 0. The zero-order valence-corrected chi connectivity index (χ0v) is 8.89. The Kier molecular flexibility index (Phi) is 7.51. The topological polar surface area (TPSA) is 21.3 Å². The second-order valence-electron chi connectivity index (χ2n) is 3.85. The van der Waals surface area contributed by atoms with Gasteiger partial charge in [0.15, 0.2) is 0 Å². The molecule has 0 aromatic heterocycles. The van der Waals surface area contributed by atoms with Crippen LogP contribution in [-0.4, -0.2) is 25.8 Å². The maximum absolute atomic E-state index is 5.39. The van der Waals surface area contributed by atoms with Crippen molar-refractivity contribution in [2.75, 3.05) is 19.7 Å². The minimum Gasteiger partial charge on any atom is -0.377 e. The van der Waals surface area contributed by atoms with E-state index in [9.17, 15) is 0 Å². The van der Waals surface area contributed by atoms with Gasteiger partial charge in [0.2, 0.25) is 0 Å². The summed E-state index contributed by atoms with van der Waals surface area (Å²) in [5.74, 6) is 0.795. The molecule has 0 fully saturated rings. The second-order valence-corrected chi connectivity index (χ2v) is 3.85. The largest absolute Gasteiger partial charge is 0.377 e. The Hall–Kier alpha value is -0.0800. The van der Waals surface area contributed by atoms with Crippen LogP contribution >= 0.6 is 0 Å². The van der Waals surface area contributed by atoms with E-state index in [0.717, 1.165) is 25.6 Å². The van der Waals surface area contributed by atoms with Crippen molar-refractivity contribution in [1.82, 2.24) is 5.32 Å². The molecule has 0 aliphatic carbocycles. The fraction of sp³-hybridized carbons (Fsp3) is 1.00. The van der Waals surface area contributed by atoms with Gasteiger partial charge in [-0.1, -0.05) is 13.8 Å². The van der Waals surface area contributed by atoms with Gasteiger partial charge in [0.25, 0.3) is 0 Å². The molecule has 0 amide bonds. The third kappa shape index (κ3) is 9.92. The van der Waals surface area contributed by atoms with E-state index < -0.39 is 0 Å². The van der Waals surface area contributed by atoms with E-state index in [1.54, 1.807) is 0 Å². The molecule has 0 unspecified atom stereocenters. The molecular formula is C10H23NO. The third-order valence-corrected chi connectivity index (χ3v) is 1.63. The summed E-state index contributed by atoms with van der Waals surface area (Å²) in [6.07, 6.45) is 1.61. The molecule has 0 rings (SSSR count). The van der Waals surface area contributed by atoms with Crippen LogP contribution in [0.1, 0.15) is 34.1 Å². The highest BCUT2D eigenvalue weighted by atomic mass is 16.5. The first-order valence-electron chi connectivity index (χ1n) is 4.95. The maximum Gasteiger partial charge on any atom is 0.0594 e. The van der Waals surface area contributed by atoms with Crippen LogP contribution in [0.15, 0.2) is 0 Å². The van der Waals surface area contributed by atoms with E-state index in [2.05, 4.69) is 33.0 Å². The first-order chi connectivity index (χ1) is 5.63. The molecule has 0 bridgehead atoms. The first kappa shape index (κ1) is 11.9. The van der Waals surface area contributed by atoms with E-state index in [-0.39, 0.29) is 0 Å². The van der Waals surface area contributed by atoms with E-state index in [4.69, 9.17) is 4.74 Å². The molecule has 12 heavy (non-hydrogen) atoms. The summed E-state index contributed by atoms with van der Waals surface area (Å²) in [5, 5.41) is 3.35. The van der Waals surface area contributed by atoms with Crippen molar-refractivity contribution in [1.29, 1.82) is 0 Å². The molecule has 0 heterocycles. The Bertz CT molecular complexity index is 79.8. The van der Waals surface area contributed by atoms with Crippen LogP contribution in [-0.2, 0) is 4.74 Å². The minimum absolute atomic E-state index is 0.358. The monoisotopic (exact) mass is 173 g/mol. The first-order valence-corrected chi connectivity index (χ1v) is 4.95. The van der Waals surface area contributed by atoms with Gasteiger partial charge >= 0.3 is 0 Å². The van der Waals surface area contributed by atoms with Gasteiger partial charge in [0.05, 0.1) is 12.7 Å². The lowest BCUT2D eigenvalue weighted by Gasteiger charge is -2.09. The number of nitrogens with one attached hydrogen (secondary N) is 1. The molecule has 0 saturated heterocycles. The highest BCUT2D eigenvalue weighted by Crippen LogP contribution is 1.95. The Morgan fingerprint density at radius 2 is 1.75 bits per heavy atom. The molecular weight excluding hydrogens is 150 g/mol. The number of rotatable bonds is 7. The summed E-state index contributed by atoms with van der Waals surface area (Å²) < 4.78 is 5.39. The number of hydrogen-bond donors (Lipinski definition) is 1. The second kappa shape index (κ2) is 7.56. The molecule has 2 nitrogen and oxygen atoms in total. The average Bonchev–Trinajstić information content (AvgIpc) is 1.95. The average molecular weight is 173 g/mol. The Morgan fingerprint density at radius 1 is 1.08 bits per heavy atom. The fourth-order valence-corrected chi connectivity index (χ4v) is 0.883. The van der Waals surface area contributed by atoms with E-state index in [1.807, 2.05) is 0 Å². The Labute approximate surface area is 76.7 Å². The van der Waals surface area contributed by atoms with Gasteiger partial charge in [-0.2, -0.15) is 0 Å². The van der Waals surface area contributed by atoms with Gasteiger partial charge in [-0.3, -0.25) is 0 Å². The Balaban J connectivity index is 2.91. The summed E-state index contributed by atoms with van der Waals surface area (Å²) in [5.41, 5.74) is 0. The van der Waals surface area contributed by atoms with Gasteiger partial charge in [0.1, 0.15) is 0 Å². The van der Waals surface area contributed by atoms with E-state index >= 15 is 0 Å². The molecule has 0 spiro atoms. The molecule has 74 valence electrons. The molecule has 0 atom stereocenters. The number of ether oxygens (including phenoxy) is 1. The van der Waals surface area contributed by atoms with Crippen molar-refractivity contribution in [3.8, 4) is 0 Å². The third-order valence-electron chi connectivity index (χ3n) is 1.63. The zero-order valence-electron chi connectivity index (χ0n) is 8.89. The fourth-order valence-electron chi connectivity index (χ4n) is 0.883. The van der Waals surface area contributed by atoms with Crippen LogP contribution < -0.4 is 5.32 Å². The van der Waals surface area contributed by atoms with E-state index in [0.29, 0.717) is 6.10 Å².